The van der Waals surface area contributed by atoms with Gasteiger partial charge in [0.25, 0.3) is 0 Å². The van der Waals surface area contributed by atoms with Crippen molar-refractivity contribution in [3.05, 3.63) is 48.0 Å². The molecule has 2 amide bonds. The number of benzene rings is 2. The lowest BCUT2D eigenvalue weighted by atomic mass is 9.95. The highest BCUT2D eigenvalue weighted by atomic mass is 32.2. The number of carbonyl (C=O) groups is 2. The largest absolute Gasteiger partial charge is 0.495 e. The number of anilines is 2. The third-order valence-corrected chi connectivity index (χ3v) is 7.57. The molecule has 8 nitrogen and oxygen atoms in total. The van der Waals surface area contributed by atoms with Gasteiger partial charge in [-0.25, -0.2) is 8.42 Å². The van der Waals surface area contributed by atoms with Gasteiger partial charge in [0.05, 0.1) is 13.7 Å². The van der Waals surface area contributed by atoms with Crippen LogP contribution in [0.1, 0.15) is 44.6 Å². The highest BCUT2D eigenvalue weighted by molar-refractivity contribution is 7.89. The van der Waals surface area contributed by atoms with E-state index >= 15 is 0 Å². The molecule has 0 aliphatic heterocycles. The number of nitrogens with one attached hydrogen (secondary N) is 2. The predicted octanol–water partition coefficient (Wildman–Crippen LogP) is 3.92. The number of methoxy groups -OCH3 is 1. The molecule has 0 bridgehead atoms. The van der Waals surface area contributed by atoms with Gasteiger partial charge in [-0.1, -0.05) is 31.4 Å². The van der Waals surface area contributed by atoms with E-state index in [9.17, 15) is 18.0 Å². The number of nitrogens with zero attached hydrogens (tertiary/aromatic N) is 1. The molecule has 178 valence electrons. The van der Waals surface area contributed by atoms with Crippen molar-refractivity contribution in [1.82, 2.24) is 4.31 Å². The number of ether oxygens (including phenoxy) is 1. The van der Waals surface area contributed by atoms with Gasteiger partial charge in [-0.05, 0) is 55.7 Å². The van der Waals surface area contributed by atoms with Crippen LogP contribution in [-0.4, -0.2) is 44.2 Å². The Bertz CT molecular complexity index is 1110. The van der Waals surface area contributed by atoms with Gasteiger partial charge in [0, 0.05) is 24.3 Å². The van der Waals surface area contributed by atoms with Crippen LogP contribution in [0.3, 0.4) is 0 Å². The number of hydrogen-bond donors (Lipinski definition) is 2. The number of amides is 2. The minimum atomic E-state index is -3.99. The molecular weight excluding hydrogens is 442 g/mol. The van der Waals surface area contributed by atoms with E-state index in [4.69, 9.17) is 4.74 Å². The Morgan fingerprint density at radius 1 is 1.03 bits per heavy atom. The van der Waals surface area contributed by atoms with Crippen LogP contribution in [0.25, 0.3) is 0 Å². The highest BCUT2D eigenvalue weighted by Crippen LogP contribution is 2.32. The molecule has 0 saturated heterocycles. The number of aryl methyl sites for hydroxylation is 1. The standard InChI is InChI=1S/C24H31N3O5S/c1-17-12-13-22(32-3)23(14-17)33(30,31)27(21-10-5-4-6-11-21)16-24(29)26-20-9-7-8-19(15-20)25-18(2)28/h7-9,12-15,21H,4-6,10-11,16H2,1-3H3,(H,25,28)(H,26,29). The van der Waals surface area contributed by atoms with Gasteiger partial charge in [-0.3, -0.25) is 9.59 Å². The van der Waals surface area contributed by atoms with Crippen LogP contribution >= 0.6 is 0 Å². The minimum absolute atomic E-state index is 0.0658. The SMILES string of the molecule is COc1ccc(C)cc1S(=O)(=O)N(CC(=O)Nc1cccc(NC(C)=O)c1)C1CCCCC1. The molecule has 1 fully saturated rings. The molecule has 1 saturated carbocycles. The van der Waals surface area contributed by atoms with Crippen molar-refractivity contribution in [3.63, 3.8) is 0 Å². The van der Waals surface area contributed by atoms with Crippen molar-refractivity contribution in [3.8, 4) is 5.75 Å². The summed E-state index contributed by atoms with van der Waals surface area (Å²) in [6.45, 7) is 2.91. The minimum Gasteiger partial charge on any atom is -0.495 e. The van der Waals surface area contributed by atoms with Gasteiger partial charge >= 0.3 is 0 Å². The Labute approximate surface area is 195 Å². The summed E-state index contributed by atoms with van der Waals surface area (Å²) >= 11 is 0. The molecule has 3 rings (SSSR count). The normalized spacial score (nSPS) is 14.7. The molecule has 2 aromatic carbocycles. The number of rotatable bonds is 8. The van der Waals surface area contributed by atoms with Crippen LogP contribution in [0.15, 0.2) is 47.4 Å². The lowest BCUT2D eigenvalue weighted by molar-refractivity contribution is -0.117. The van der Waals surface area contributed by atoms with E-state index < -0.39 is 15.9 Å². The van der Waals surface area contributed by atoms with Gasteiger partial charge in [0.1, 0.15) is 10.6 Å². The second-order valence-electron chi connectivity index (χ2n) is 8.31. The van der Waals surface area contributed by atoms with Crippen LogP contribution in [0.2, 0.25) is 0 Å². The first-order valence-electron chi connectivity index (χ1n) is 11.0. The van der Waals surface area contributed by atoms with Crippen molar-refractivity contribution in [1.29, 1.82) is 0 Å². The first-order valence-corrected chi connectivity index (χ1v) is 12.5. The fourth-order valence-electron chi connectivity index (χ4n) is 4.11. The maximum Gasteiger partial charge on any atom is 0.247 e. The molecule has 2 N–H and O–H groups in total. The van der Waals surface area contributed by atoms with Gasteiger partial charge < -0.3 is 15.4 Å². The monoisotopic (exact) mass is 473 g/mol. The molecule has 0 aromatic heterocycles. The molecule has 1 aliphatic carbocycles. The summed E-state index contributed by atoms with van der Waals surface area (Å²) < 4.78 is 34.1. The van der Waals surface area contributed by atoms with Crippen molar-refractivity contribution in [2.24, 2.45) is 0 Å². The summed E-state index contributed by atoms with van der Waals surface area (Å²) in [5, 5.41) is 5.43. The summed E-state index contributed by atoms with van der Waals surface area (Å²) in [7, 11) is -2.55. The van der Waals surface area contributed by atoms with E-state index in [1.165, 1.54) is 18.3 Å². The van der Waals surface area contributed by atoms with Gasteiger partial charge in [-0.2, -0.15) is 4.31 Å². The molecule has 0 atom stereocenters. The Hall–Kier alpha value is -2.91. The first kappa shape index (κ1) is 24.7. The second kappa shape index (κ2) is 10.8. The predicted molar refractivity (Wildman–Crippen MR) is 128 cm³/mol. The Balaban J connectivity index is 1.88. The maximum atomic E-state index is 13.7. The van der Waals surface area contributed by atoms with Crippen LogP contribution < -0.4 is 15.4 Å². The van der Waals surface area contributed by atoms with Crippen LogP contribution in [0.4, 0.5) is 11.4 Å². The highest BCUT2D eigenvalue weighted by Gasteiger charge is 2.35. The first-order chi connectivity index (χ1) is 15.7. The number of sulfonamides is 1. The maximum absolute atomic E-state index is 13.7. The van der Waals surface area contributed by atoms with Crippen molar-refractivity contribution < 1.29 is 22.7 Å². The van der Waals surface area contributed by atoms with Crippen molar-refractivity contribution in [2.75, 3.05) is 24.3 Å². The van der Waals surface area contributed by atoms with E-state index in [1.54, 1.807) is 42.5 Å². The zero-order valence-electron chi connectivity index (χ0n) is 19.3. The van der Waals surface area contributed by atoms with Crippen LogP contribution in [0, 0.1) is 6.92 Å². The number of carbonyl (C=O) groups excluding carboxylic acids is 2. The molecule has 0 spiro atoms. The van der Waals surface area contributed by atoms with E-state index in [1.807, 2.05) is 6.92 Å². The lowest BCUT2D eigenvalue weighted by Gasteiger charge is -2.33. The Kier molecular flexibility index (Phi) is 8.10. The topological polar surface area (TPSA) is 105 Å². The molecule has 0 heterocycles. The van der Waals surface area contributed by atoms with E-state index in [2.05, 4.69) is 10.6 Å². The Morgan fingerprint density at radius 3 is 2.33 bits per heavy atom. The van der Waals surface area contributed by atoms with Gasteiger partial charge in [0.15, 0.2) is 0 Å². The van der Waals surface area contributed by atoms with Crippen molar-refractivity contribution >= 4 is 33.2 Å². The Morgan fingerprint density at radius 2 is 1.70 bits per heavy atom. The van der Waals surface area contributed by atoms with Gasteiger partial charge in [0.2, 0.25) is 21.8 Å². The third-order valence-electron chi connectivity index (χ3n) is 5.65. The van der Waals surface area contributed by atoms with Crippen LogP contribution in [-0.2, 0) is 19.6 Å². The summed E-state index contributed by atoms with van der Waals surface area (Å²) in [5.74, 6) is -0.416. The fraction of sp³-hybridized carbons (Fsp3) is 0.417. The zero-order valence-corrected chi connectivity index (χ0v) is 20.1. The summed E-state index contributed by atoms with van der Waals surface area (Å²) in [5.41, 5.74) is 1.80. The fourth-order valence-corrected chi connectivity index (χ4v) is 5.99. The summed E-state index contributed by atoms with van der Waals surface area (Å²) in [4.78, 5) is 24.3. The summed E-state index contributed by atoms with van der Waals surface area (Å²) in [6, 6.07) is 11.5. The molecule has 2 aromatic rings. The smallest absolute Gasteiger partial charge is 0.247 e. The molecular formula is C24H31N3O5S. The number of hydrogen-bond acceptors (Lipinski definition) is 5. The lowest BCUT2D eigenvalue weighted by Crippen LogP contribution is -2.45. The van der Waals surface area contributed by atoms with Crippen molar-refractivity contribution in [2.45, 2.75) is 56.9 Å². The molecule has 9 heteroatoms. The van der Waals surface area contributed by atoms with E-state index in [-0.39, 0.29) is 29.1 Å². The molecule has 1 aliphatic rings. The quantitative estimate of drug-likeness (QED) is 0.605. The molecule has 0 unspecified atom stereocenters. The molecule has 33 heavy (non-hydrogen) atoms. The van der Waals surface area contributed by atoms with E-state index in [0.29, 0.717) is 24.2 Å². The van der Waals surface area contributed by atoms with Crippen LogP contribution in [0.5, 0.6) is 5.75 Å². The average Bonchev–Trinajstić information content (AvgIpc) is 2.77. The van der Waals surface area contributed by atoms with Gasteiger partial charge in [-0.15, -0.1) is 0 Å². The third kappa shape index (κ3) is 6.33. The van der Waals surface area contributed by atoms with E-state index in [0.717, 1.165) is 24.8 Å². The summed E-state index contributed by atoms with van der Waals surface area (Å²) in [6.07, 6.45) is 4.31. The second-order valence-corrected chi connectivity index (χ2v) is 10.2. The average molecular weight is 474 g/mol. The molecule has 0 radical (unpaired) electrons. The zero-order chi connectivity index (χ0) is 24.0.